The van der Waals surface area contributed by atoms with E-state index in [4.69, 9.17) is 28.3 Å². The summed E-state index contributed by atoms with van der Waals surface area (Å²) in [6.07, 6.45) is 0.683. The van der Waals surface area contributed by atoms with Crippen molar-refractivity contribution >= 4 is 40.6 Å². The fraction of sp³-hybridized carbons (Fsp3) is 0.391. The minimum Gasteiger partial charge on any atom is -0.369 e. The summed E-state index contributed by atoms with van der Waals surface area (Å²) in [7, 11) is 3.77. The monoisotopic (exact) mass is 459 g/mol. The van der Waals surface area contributed by atoms with Crippen molar-refractivity contribution in [1.82, 2.24) is 15.2 Å². The van der Waals surface area contributed by atoms with Gasteiger partial charge in [-0.1, -0.05) is 35.3 Å². The summed E-state index contributed by atoms with van der Waals surface area (Å²) < 4.78 is 0. The number of piperazine rings is 1. The average Bonchev–Trinajstić information content (AvgIpc) is 2.90. The van der Waals surface area contributed by atoms with Gasteiger partial charge in [0.15, 0.2) is 0 Å². The Kier molecular flexibility index (Phi) is 6.42. The van der Waals surface area contributed by atoms with Crippen LogP contribution in [0.1, 0.15) is 23.6 Å². The second-order valence-corrected chi connectivity index (χ2v) is 9.02. The summed E-state index contributed by atoms with van der Waals surface area (Å²) in [5.41, 5.74) is 4.86. The van der Waals surface area contributed by atoms with Gasteiger partial charge in [-0.15, -0.1) is 0 Å². The molecule has 1 unspecified atom stereocenters. The molecule has 2 aromatic rings. The van der Waals surface area contributed by atoms with Gasteiger partial charge in [-0.3, -0.25) is 0 Å². The van der Waals surface area contributed by atoms with Crippen LogP contribution in [0.3, 0.4) is 0 Å². The van der Waals surface area contributed by atoms with E-state index in [1.165, 1.54) is 10.6 Å². The first-order valence-electron chi connectivity index (χ1n) is 10.5. The Morgan fingerprint density at radius 1 is 1.06 bits per heavy atom. The fourth-order valence-corrected chi connectivity index (χ4v) is 4.54. The zero-order valence-electron chi connectivity index (χ0n) is 18.0. The molecule has 2 heterocycles. The molecular weight excluding hydrogens is 433 g/mol. The van der Waals surface area contributed by atoms with Crippen molar-refractivity contribution in [3.63, 3.8) is 0 Å². The molecule has 0 radical (unpaired) electrons. The summed E-state index contributed by atoms with van der Waals surface area (Å²) in [6, 6.07) is 11.2. The van der Waals surface area contributed by atoms with E-state index in [0.29, 0.717) is 16.5 Å². The van der Waals surface area contributed by atoms with Gasteiger partial charge in [0.1, 0.15) is 0 Å². The highest BCUT2D eigenvalue weighted by Gasteiger charge is 2.30. The number of benzene rings is 2. The third kappa shape index (κ3) is 4.52. The lowest BCUT2D eigenvalue weighted by molar-refractivity contribution is 0.184. The molecule has 0 spiro atoms. The van der Waals surface area contributed by atoms with Crippen molar-refractivity contribution in [3.05, 3.63) is 63.1 Å². The van der Waals surface area contributed by atoms with Gasteiger partial charge in [-0.2, -0.15) is 5.10 Å². The molecule has 0 saturated carbocycles. The molecule has 1 N–H and O–H groups in total. The number of nitrogens with zero attached hydrogens (tertiary/aromatic N) is 4. The maximum Gasteiger partial charge on any atom is 0.337 e. The topological polar surface area (TPSA) is 51.2 Å². The average molecular weight is 460 g/mol. The number of carbonyl (C=O) groups excluding carboxylic acids is 1. The third-order valence-electron chi connectivity index (χ3n) is 5.95. The SMILES string of the molecule is CNC(=O)N1N=C(c2ccc(Cl)cc2)c2cc(Cl)cc(N3CCN(C)CC3)c2CC1C. The summed E-state index contributed by atoms with van der Waals surface area (Å²) >= 11 is 12.7. The number of rotatable bonds is 2. The van der Waals surface area contributed by atoms with Crippen LogP contribution in [0, 0.1) is 0 Å². The number of hydrogen-bond donors (Lipinski definition) is 1. The standard InChI is InChI=1S/C23H27Cl2N5O/c1-15-12-19-20(13-18(25)14-21(19)29-10-8-28(3)9-11-29)22(27-30(15)23(31)26-2)16-4-6-17(24)7-5-16/h4-7,13-15H,8-12H2,1-3H3,(H,26,31). The minimum absolute atomic E-state index is 0.115. The number of nitrogens with one attached hydrogen (secondary N) is 1. The minimum atomic E-state index is -0.237. The Labute approximate surface area is 193 Å². The van der Waals surface area contributed by atoms with Crippen LogP contribution in [0.15, 0.2) is 41.5 Å². The van der Waals surface area contributed by atoms with Crippen molar-refractivity contribution in [2.45, 2.75) is 19.4 Å². The van der Waals surface area contributed by atoms with Crippen molar-refractivity contribution in [2.75, 3.05) is 45.2 Å². The molecule has 0 aliphatic carbocycles. The molecule has 2 aliphatic heterocycles. The van der Waals surface area contributed by atoms with Gasteiger partial charge in [0.05, 0.1) is 11.8 Å². The predicted molar refractivity (Wildman–Crippen MR) is 128 cm³/mol. The number of urea groups is 1. The third-order valence-corrected chi connectivity index (χ3v) is 6.42. The summed E-state index contributed by atoms with van der Waals surface area (Å²) in [5.74, 6) is 0. The molecule has 1 atom stereocenters. The Bertz CT molecular complexity index is 1000. The van der Waals surface area contributed by atoms with Crippen LogP contribution in [0.5, 0.6) is 0 Å². The molecule has 6 nitrogen and oxygen atoms in total. The first-order chi connectivity index (χ1) is 14.9. The van der Waals surface area contributed by atoms with E-state index in [2.05, 4.69) is 22.2 Å². The van der Waals surface area contributed by atoms with E-state index in [-0.39, 0.29) is 12.1 Å². The van der Waals surface area contributed by atoms with Crippen LogP contribution < -0.4 is 10.2 Å². The van der Waals surface area contributed by atoms with Crippen LogP contribution in [0.2, 0.25) is 10.0 Å². The van der Waals surface area contributed by atoms with E-state index in [1.807, 2.05) is 43.3 Å². The zero-order valence-corrected chi connectivity index (χ0v) is 19.5. The number of anilines is 1. The van der Waals surface area contributed by atoms with Gasteiger partial charge in [0, 0.05) is 60.1 Å². The molecule has 164 valence electrons. The molecule has 8 heteroatoms. The molecule has 0 aromatic heterocycles. The molecule has 4 rings (SSSR count). The lowest BCUT2D eigenvalue weighted by Gasteiger charge is -2.36. The summed E-state index contributed by atoms with van der Waals surface area (Å²) in [5, 5.41) is 10.4. The fourth-order valence-electron chi connectivity index (χ4n) is 4.20. The molecule has 2 aliphatic rings. The second kappa shape index (κ2) is 9.07. The second-order valence-electron chi connectivity index (χ2n) is 8.15. The molecule has 31 heavy (non-hydrogen) atoms. The lowest BCUT2D eigenvalue weighted by atomic mass is 9.92. The highest BCUT2D eigenvalue weighted by Crippen LogP contribution is 2.35. The van der Waals surface area contributed by atoms with E-state index in [0.717, 1.165) is 48.7 Å². The largest absolute Gasteiger partial charge is 0.369 e. The van der Waals surface area contributed by atoms with E-state index in [9.17, 15) is 4.79 Å². The predicted octanol–water partition coefficient (Wildman–Crippen LogP) is 4.08. The number of halogens is 2. The van der Waals surface area contributed by atoms with Crippen LogP contribution in [-0.4, -0.2) is 68.0 Å². The normalized spacial score (nSPS) is 19.5. The number of carbonyl (C=O) groups is 1. The van der Waals surface area contributed by atoms with Crippen LogP contribution in [0.4, 0.5) is 10.5 Å². The number of likely N-dealkylation sites (N-methyl/N-ethyl adjacent to an activating group) is 1. The zero-order chi connectivity index (χ0) is 22.1. The molecule has 0 bridgehead atoms. The van der Waals surface area contributed by atoms with Crippen LogP contribution in [0.25, 0.3) is 0 Å². The maximum absolute atomic E-state index is 12.6. The first-order valence-corrected chi connectivity index (χ1v) is 11.2. The quantitative estimate of drug-likeness (QED) is 0.735. The number of hydrazone groups is 1. The van der Waals surface area contributed by atoms with Gasteiger partial charge in [0.25, 0.3) is 0 Å². The lowest BCUT2D eigenvalue weighted by Crippen LogP contribution is -2.45. The van der Waals surface area contributed by atoms with E-state index >= 15 is 0 Å². The number of amides is 2. The summed E-state index contributed by atoms with van der Waals surface area (Å²) in [4.78, 5) is 17.4. The Balaban J connectivity index is 1.88. The van der Waals surface area contributed by atoms with Crippen molar-refractivity contribution in [2.24, 2.45) is 5.10 Å². The Morgan fingerprint density at radius 3 is 2.39 bits per heavy atom. The van der Waals surface area contributed by atoms with Crippen LogP contribution >= 0.6 is 23.2 Å². The molecular formula is C23H27Cl2N5O. The number of hydrogen-bond acceptors (Lipinski definition) is 4. The highest BCUT2D eigenvalue weighted by molar-refractivity contribution is 6.32. The van der Waals surface area contributed by atoms with E-state index in [1.54, 1.807) is 7.05 Å². The Hall–Kier alpha value is -2.28. The van der Waals surface area contributed by atoms with Gasteiger partial charge < -0.3 is 15.1 Å². The Morgan fingerprint density at radius 2 is 1.74 bits per heavy atom. The van der Waals surface area contributed by atoms with Crippen molar-refractivity contribution < 1.29 is 4.79 Å². The van der Waals surface area contributed by atoms with Crippen molar-refractivity contribution in [3.8, 4) is 0 Å². The number of fused-ring (bicyclic) bond motifs is 1. The molecule has 1 fully saturated rings. The van der Waals surface area contributed by atoms with Gasteiger partial charge in [-0.05, 0) is 50.2 Å². The van der Waals surface area contributed by atoms with Gasteiger partial charge in [-0.25, -0.2) is 9.80 Å². The van der Waals surface area contributed by atoms with E-state index < -0.39 is 0 Å². The maximum atomic E-state index is 12.6. The smallest absolute Gasteiger partial charge is 0.337 e. The molecule has 2 aromatic carbocycles. The molecule has 2 amide bonds. The van der Waals surface area contributed by atoms with Gasteiger partial charge >= 0.3 is 6.03 Å². The van der Waals surface area contributed by atoms with Crippen LogP contribution in [-0.2, 0) is 6.42 Å². The molecule has 1 saturated heterocycles. The first kappa shape index (κ1) is 21.9. The highest BCUT2D eigenvalue weighted by atomic mass is 35.5. The van der Waals surface area contributed by atoms with Gasteiger partial charge in [0.2, 0.25) is 0 Å². The van der Waals surface area contributed by atoms with Crippen molar-refractivity contribution in [1.29, 1.82) is 0 Å². The summed E-state index contributed by atoms with van der Waals surface area (Å²) in [6.45, 7) is 5.89.